The minimum absolute atomic E-state index is 0. The largest absolute Gasteiger partial charge is 0.496 e. The van der Waals surface area contributed by atoms with Crippen molar-refractivity contribution in [3.8, 4) is 5.75 Å². The summed E-state index contributed by atoms with van der Waals surface area (Å²) in [6.45, 7) is 10.5. The van der Waals surface area contributed by atoms with Crippen molar-refractivity contribution in [2.45, 2.75) is 40.2 Å². The number of rotatable bonds is 7. The number of nitrogens with zero attached hydrogens (tertiary/aromatic N) is 2. The maximum absolute atomic E-state index is 5.47. The van der Waals surface area contributed by atoms with Gasteiger partial charge in [0, 0.05) is 30.4 Å². The molecule has 7 heteroatoms. The maximum atomic E-state index is 5.47. The Balaban J connectivity index is 0.00000338. The molecular weight excluding hydrogens is 459 g/mol. The molecule has 144 valence electrons. The predicted molar refractivity (Wildman–Crippen MR) is 121 cm³/mol. The Labute approximate surface area is 177 Å². The lowest BCUT2D eigenvalue weighted by Gasteiger charge is -2.16. The average Bonchev–Trinajstić information content (AvgIpc) is 3.13. The number of methoxy groups -OCH3 is 1. The lowest BCUT2D eigenvalue weighted by molar-refractivity contribution is 0.407. The zero-order valence-electron chi connectivity index (χ0n) is 16.1. The van der Waals surface area contributed by atoms with E-state index in [0.717, 1.165) is 41.6 Å². The van der Waals surface area contributed by atoms with Crippen LogP contribution < -0.4 is 15.4 Å². The zero-order valence-corrected chi connectivity index (χ0v) is 19.3. The van der Waals surface area contributed by atoms with E-state index in [1.165, 1.54) is 5.56 Å². The third kappa shape index (κ3) is 6.12. The van der Waals surface area contributed by atoms with Crippen LogP contribution in [0, 0.1) is 13.8 Å². The number of pyridine rings is 1. The monoisotopic (exact) mass is 488 g/mol. The normalized spacial score (nSPS) is 12.3. The summed E-state index contributed by atoms with van der Waals surface area (Å²) in [6.07, 6.45) is 1.84. The number of aryl methyl sites for hydroxylation is 1. The number of hydrogen-bond donors (Lipinski definition) is 2. The van der Waals surface area contributed by atoms with Gasteiger partial charge in [-0.2, -0.15) is 11.3 Å². The highest BCUT2D eigenvalue weighted by Gasteiger charge is 2.10. The Morgan fingerprint density at radius 3 is 2.73 bits per heavy atom. The number of aliphatic imine (C=N–C) groups is 1. The highest BCUT2D eigenvalue weighted by molar-refractivity contribution is 14.0. The molecular formula is C19H29IN4OS. The molecule has 0 radical (unpaired) electrons. The summed E-state index contributed by atoms with van der Waals surface area (Å²) in [6, 6.07) is 2.17. The first-order chi connectivity index (χ1) is 12.1. The van der Waals surface area contributed by atoms with E-state index < -0.39 is 0 Å². The lowest BCUT2D eigenvalue weighted by Crippen LogP contribution is -2.39. The molecule has 0 aliphatic heterocycles. The molecule has 1 unspecified atom stereocenters. The number of ether oxygens (including phenoxy) is 1. The van der Waals surface area contributed by atoms with Gasteiger partial charge in [-0.05, 0) is 49.1 Å². The molecule has 0 spiro atoms. The van der Waals surface area contributed by atoms with Crippen molar-refractivity contribution in [2.75, 3.05) is 20.2 Å². The van der Waals surface area contributed by atoms with Crippen LogP contribution in [-0.4, -0.2) is 31.1 Å². The maximum Gasteiger partial charge on any atom is 0.191 e. The third-order valence-corrected chi connectivity index (χ3v) is 4.87. The van der Waals surface area contributed by atoms with E-state index in [1.54, 1.807) is 18.4 Å². The second-order valence-corrected chi connectivity index (χ2v) is 6.86. The lowest BCUT2D eigenvalue weighted by atomic mass is 10.1. The van der Waals surface area contributed by atoms with Crippen LogP contribution >= 0.6 is 35.3 Å². The zero-order chi connectivity index (χ0) is 18.2. The van der Waals surface area contributed by atoms with Crippen molar-refractivity contribution in [3.63, 3.8) is 0 Å². The Morgan fingerprint density at radius 2 is 2.12 bits per heavy atom. The number of halogens is 1. The molecule has 2 aromatic rings. The predicted octanol–water partition coefficient (Wildman–Crippen LogP) is 4.25. The Kier molecular flexibility index (Phi) is 9.93. The van der Waals surface area contributed by atoms with Crippen LogP contribution in [0.15, 0.2) is 28.0 Å². The molecule has 0 aliphatic rings. The number of aromatic nitrogens is 1. The van der Waals surface area contributed by atoms with Crippen LogP contribution in [0.25, 0.3) is 0 Å². The van der Waals surface area contributed by atoms with Crippen molar-refractivity contribution in [2.24, 2.45) is 4.99 Å². The summed E-state index contributed by atoms with van der Waals surface area (Å²) in [5.41, 5.74) is 4.38. The smallest absolute Gasteiger partial charge is 0.191 e. The Hall–Kier alpha value is -1.35. The van der Waals surface area contributed by atoms with Gasteiger partial charge in [-0.25, -0.2) is 4.99 Å². The van der Waals surface area contributed by atoms with Crippen molar-refractivity contribution in [3.05, 3.63) is 45.4 Å². The SMILES string of the molecule is CCNC(=NCc1ncc(C)c(OC)c1C)NCC(C)c1ccsc1.I. The summed E-state index contributed by atoms with van der Waals surface area (Å²) in [7, 11) is 1.69. The molecule has 0 bridgehead atoms. The molecule has 0 amide bonds. The molecule has 2 rings (SSSR count). The fourth-order valence-electron chi connectivity index (χ4n) is 2.65. The molecule has 0 saturated heterocycles. The van der Waals surface area contributed by atoms with E-state index >= 15 is 0 Å². The quantitative estimate of drug-likeness (QED) is 0.348. The first-order valence-corrected chi connectivity index (χ1v) is 9.54. The molecule has 5 nitrogen and oxygen atoms in total. The van der Waals surface area contributed by atoms with Crippen LogP contribution in [0.2, 0.25) is 0 Å². The van der Waals surface area contributed by atoms with E-state index in [-0.39, 0.29) is 24.0 Å². The van der Waals surface area contributed by atoms with Gasteiger partial charge in [-0.15, -0.1) is 24.0 Å². The molecule has 2 heterocycles. The van der Waals surface area contributed by atoms with Gasteiger partial charge in [-0.3, -0.25) is 4.98 Å². The van der Waals surface area contributed by atoms with Gasteiger partial charge in [0.1, 0.15) is 5.75 Å². The van der Waals surface area contributed by atoms with Crippen LogP contribution in [0.4, 0.5) is 0 Å². The molecule has 0 saturated carbocycles. The van der Waals surface area contributed by atoms with E-state index in [9.17, 15) is 0 Å². The summed E-state index contributed by atoms with van der Waals surface area (Å²) < 4.78 is 5.47. The Bertz CT molecular complexity index is 704. The third-order valence-electron chi connectivity index (χ3n) is 4.17. The van der Waals surface area contributed by atoms with Crippen molar-refractivity contribution in [1.82, 2.24) is 15.6 Å². The second-order valence-electron chi connectivity index (χ2n) is 6.08. The topological polar surface area (TPSA) is 58.5 Å². The first-order valence-electron chi connectivity index (χ1n) is 8.60. The van der Waals surface area contributed by atoms with Gasteiger partial charge < -0.3 is 15.4 Å². The Morgan fingerprint density at radius 1 is 1.35 bits per heavy atom. The number of hydrogen-bond acceptors (Lipinski definition) is 4. The summed E-state index contributed by atoms with van der Waals surface area (Å²) in [5.74, 6) is 2.14. The number of nitrogens with one attached hydrogen (secondary N) is 2. The molecule has 26 heavy (non-hydrogen) atoms. The molecule has 2 aromatic heterocycles. The molecule has 0 fully saturated rings. The van der Waals surface area contributed by atoms with Crippen molar-refractivity contribution in [1.29, 1.82) is 0 Å². The molecule has 0 aromatic carbocycles. The fraction of sp³-hybridized carbons (Fsp3) is 0.474. The van der Waals surface area contributed by atoms with Crippen LogP contribution in [0.1, 0.15) is 42.1 Å². The molecule has 1 atom stereocenters. The highest BCUT2D eigenvalue weighted by Crippen LogP contribution is 2.24. The van der Waals surface area contributed by atoms with Crippen LogP contribution in [-0.2, 0) is 6.54 Å². The minimum atomic E-state index is 0. The first kappa shape index (κ1) is 22.7. The summed E-state index contributed by atoms with van der Waals surface area (Å²) in [5, 5.41) is 11.0. The summed E-state index contributed by atoms with van der Waals surface area (Å²) >= 11 is 1.73. The fourth-order valence-corrected chi connectivity index (χ4v) is 3.43. The average molecular weight is 488 g/mol. The molecule has 2 N–H and O–H groups in total. The molecule has 0 aliphatic carbocycles. The summed E-state index contributed by atoms with van der Waals surface area (Å²) in [4.78, 5) is 9.19. The van der Waals surface area contributed by atoms with Gasteiger partial charge in [0.05, 0.1) is 19.3 Å². The van der Waals surface area contributed by atoms with Gasteiger partial charge in [0.25, 0.3) is 0 Å². The standard InChI is InChI=1S/C19H28N4OS.HI/c1-6-20-19(22-9-13(2)16-7-8-25-12-16)23-11-17-15(4)18(24-5)14(3)10-21-17;/h7-8,10,12-13H,6,9,11H2,1-5H3,(H2,20,22,23);1H. The van der Waals surface area contributed by atoms with Gasteiger partial charge >= 0.3 is 0 Å². The number of guanidine groups is 1. The number of thiophene rings is 1. The van der Waals surface area contributed by atoms with E-state index in [1.807, 2.05) is 20.0 Å². The van der Waals surface area contributed by atoms with Crippen LogP contribution in [0.5, 0.6) is 5.75 Å². The second kappa shape index (κ2) is 11.4. The van der Waals surface area contributed by atoms with E-state index in [4.69, 9.17) is 4.74 Å². The van der Waals surface area contributed by atoms with Gasteiger partial charge in [-0.1, -0.05) is 6.92 Å². The van der Waals surface area contributed by atoms with Crippen molar-refractivity contribution >= 4 is 41.3 Å². The van der Waals surface area contributed by atoms with Gasteiger partial charge in [0.15, 0.2) is 5.96 Å². The van der Waals surface area contributed by atoms with Crippen LogP contribution in [0.3, 0.4) is 0 Å². The van der Waals surface area contributed by atoms with Crippen molar-refractivity contribution < 1.29 is 4.74 Å². The van der Waals surface area contributed by atoms with E-state index in [0.29, 0.717) is 12.5 Å². The minimum Gasteiger partial charge on any atom is -0.496 e. The highest BCUT2D eigenvalue weighted by atomic mass is 127. The van der Waals surface area contributed by atoms with Gasteiger partial charge in [0.2, 0.25) is 0 Å². The van der Waals surface area contributed by atoms with E-state index in [2.05, 4.69) is 51.3 Å².